The van der Waals surface area contributed by atoms with E-state index in [-0.39, 0.29) is 5.91 Å². The number of fused-ring (bicyclic) bond motifs is 1. The number of rotatable bonds is 3. The summed E-state index contributed by atoms with van der Waals surface area (Å²) < 4.78 is 11.1. The first-order chi connectivity index (χ1) is 12.3. The Balaban J connectivity index is 1.38. The molecule has 1 aromatic heterocycles. The number of nitrogens with zero attached hydrogens (tertiary/aromatic N) is 2. The molecule has 1 atom stereocenters. The van der Waals surface area contributed by atoms with Crippen molar-refractivity contribution in [2.75, 3.05) is 32.9 Å². The number of pyridine rings is 1. The lowest BCUT2D eigenvalue weighted by Gasteiger charge is -2.27. The van der Waals surface area contributed by atoms with Crippen LogP contribution in [0.4, 0.5) is 0 Å². The van der Waals surface area contributed by atoms with Gasteiger partial charge in [0, 0.05) is 30.9 Å². The van der Waals surface area contributed by atoms with Crippen molar-refractivity contribution in [1.82, 2.24) is 9.88 Å². The van der Waals surface area contributed by atoms with E-state index >= 15 is 0 Å². The molecule has 1 saturated heterocycles. The zero-order valence-electron chi connectivity index (χ0n) is 14.2. The molecule has 1 amide bonds. The van der Waals surface area contributed by atoms with Gasteiger partial charge in [-0.1, -0.05) is 18.2 Å². The summed E-state index contributed by atoms with van der Waals surface area (Å²) in [6, 6.07) is 12.1. The molecule has 2 aromatic rings. The van der Waals surface area contributed by atoms with E-state index in [1.165, 1.54) is 5.56 Å². The standard InChI is InChI=1S/C20H22N2O3/c23-20(22-7-9-24-10-8-22)17-5-6-18(21-13-17)12-15-11-16-3-1-2-4-19(16)25-14-15/h1-6,13,15H,7-12,14H2/t15-/m1/s1. The Morgan fingerprint density at radius 1 is 1.16 bits per heavy atom. The van der Waals surface area contributed by atoms with E-state index in [0.717, 1.165) is 24.3 Å². The molecule has 1 aromatic carbocycles. The number of morpholine rings is 1. The third-order valence-electron chi connectivity index (χ3n) is 4.82. The minimum absolute atomic E-state index is 0.0391. The van der Waals surface area contributed by atoms with E-state index in [1.54, 1.807) is 6.20 Å². The second-order valence-corrected chi connectivity index (χ2v) is 6.64. The summed E-state index contributed by atoms with van der Waals surface area (Å²) in [4.78, 5) is 18.8. The Labute approximate surface area is 147 Å². The number of hydrogen-bond donors (Lipinski definition) is 0. The lowest BCUT2D eigenvalue weighted by atomic mass is 9.92. The van der Waals surface area contributed by atoms with E-state index < -0.39 is 0 Å². The van der Waals surface area contributed by atoms with Crippen molar-refractivity contribution in [2.45, 2.75) is 12.8 Å². The summed E-state index contributed by atoms with van der Waals surface area (Å²) in [5.74, 6) is 1.46. The van der Waals surface area contributed by atoms with Gasteiger partial charge >= 0.3 is 0 Å². The Morgan fingerprint density at radius 3 is 2.80 bits per heavy atom. The Morgan fingerprint density at radius 2 is 2.00 bits per heavy atom. The average molecular weight is 338 g/mol. The van der Waals surface area contributed by atoms with Gasteiger partial charge in [0.05, 0.1) is 25.4 Å². The van der Waals surface area contributed by atoms with Gasteiger partial charge in [-0.2, -0.15) is 0 Å². The largest absolute Gasteiger partial charge is 0.493 e. The molecule has 5 heteroatoms. The average Bonchev–Trinajstić information content (AvgIpc) is 2.69. The molecule has 0 radical (unpaired) electrons. The minimum Gasteiger partial charge on any atom is -0.493 e. The number of amides is 1. The predicted octanol–water partition coefficient (Wildman–Crippen LogP) is 2.35. The first-order valence-electron chi connectivity index (χ1n) is 8.82. The van der Waals surface area contributed by atoms with Gasteiger partial charge < -0.3 is 14.4 Å². The normalized spacial score (nSPS) is 19.8. The molecule has 0 spiro atoms. The molecule has 25 heavy (non-hydrogen) atoms. The molecule has 2 aliphatic rings. The second kappa shape index (κ2) is 7.23. The van der Waals surface area contributed by atoms with Crippen molar-refractivity contribution in [2.24, 2.45) is 5.92 Å². The Bertz CT molecular complexity index is 739. The van der Waals surface area contributed by atoms with Crippen LogP contribution in [0, 0.1) is 5.92 Å². The highest BCUT2D eigenvalue weighted by Crippen LogP contribution is 2.28. The van der Waals surface area contributed by atoms with Crippen LogP contribution in [0.3, 0.4) is 0 Å². The highest BCUT2D eigenvalue weighted by molar-refractivity contribution is 5.94. The summed E-state index contributed by atoms with van der Waals surface area (Å²) in [6.07, 6.45) is 3.57. The van der Waals surface area contributed by atoms with Crippen LogP contribution in [0.25, 0.3) is 0 Å². The van der Waals surface area contributed by atoms with Gasteiger partial charge in [-0.3, -0.25) is 9.78 Å². The maximum atomic E-state index is 12.4. The number of ether oxygens (including phenoxy) is 2. The maximum Gasteiger partial charge on any atom is 0.255 e. The van der Waals surface area contributed by atoms with Gasteiger partial charge in [0.2, 0.25) is 0 Å². The number of para-hydroxylation sites is 1. The number of hydrogen-bond acceptors (Lipinski definition) is 4. The van der Waals surface area contributed by atoms with Crippen molar-refractivity contribution >= 4 is 5.91 Å². The van der Waals surface area contributed by atoms with Crippen molar-refractivity contribution in [3.05, 3.63) is 59.4 Å². The van der Waals surface area contributed by atoms with Gasteiger partial charge in [0.1, 0.15) is 5.75 Å². The van der Waals surface area contributed by atoms with E-state index in [2.05, 4.69) is 17.1 Å². The Kier molecular flexibility index (Phi) is 4.65. The minimum atomic E-state index is 0.0391. The predicted molar refractivity (Wildman–Crippen MR) is 93.8 cm³/mol. The number of aromatic nitrogens is 1. The molecular weight excluding hydrogens is 316 g/mol. The van der Waals surface area contributed by atoms with Crippen LogP contribution in [0.2, 0.25) is 0 Å². The number of carbonyl (C=O) groups excluding carboxylic acids is 1. The summed E-state index contributed by atoms with van der Waals surface area (Å²) in [5, 5.41) is 0. The smallest absolute Gasteiger partial charge is 0.255 e. The van der Waals surface area contributed by atoms with Crippen LogP contribution >= 0.6 is 0 Å². The fraction of sp³-hybridized carbons (Fsp3) is 0.400. The van der Waals surface area contributed by atoms with Crippen LogP contribution in [-0.2, 0) is 17.6 Å². The second-order valence-electron chi connectivity index (χ2n) is 6.64. The summed E-state index contributed by atoms with van der Waals surface area (Å²) in [6.45, 7) is 3.24. The molecule has 0 N–H and O–H groups in total. The van der Waals surface area contributed by atoms with Gasteiger partial charge in [0.15, 0.2) is 0 Å². The zero-order valence-corrected chi connectivity index (χ0v) is 14.2. The van der Waals surface area contributed by atoms with Gasteiger partial charge in [-0.05, 0) is 36.6 Å². The number of benzene rings is 1. The van der Waals surface area contributed by atoms with E-state index in [9.17, 15) is 4.79 Å². The summed E-state index contributed by atoms with van der Waals surface area (Å²) in [7, 11) is 0. The molecule has 5 nitrogen and oxygen atoms in total. The lowest BCUT2D eigenvalue weighted by Crippen LogP contribution is -2.40. The van der Waals surface area contributed by atoms with Gasteiger partial charge in [-0.25, -0.2) is 0 Å². The van der Waals surface area contributed by atoms with E-state index in [4.69, 9.17) is 9.47 Å². The number of carbonyl (C=O) groups is 1. The van der Waals surface area contributed by atoms with Crippen LogP contribution in [0.5, 0.6) is 5.75 Å². The molecule has 0 bridgehead atoms. The van der Waals surface area contributed by atoms with Crippen LogP contribution < -0.4 is 4.74 Å². The third-order valence-corrected chi connectivity index (χ3v) is 4.82. The zero-order chi connectivity index (χ0) is 17.1. The van der Waals surface area contributed by atoms with E-state index in [1.807, 2.05) is 29.2 Å². The maximum absolute atomic E-state index is 12.4. The van der Waals surface area contributed by atoms with Crippen molar-refractivity contribution in [1.29, 1.82) is 0 Å². The SMILES string of the molecule is O=C(c1ccc(C[C@@H]2COc3ccccc3C2)nc1)N1CCOCC1. The summed E-state index contributed by atoms with van der Waals surface area (Å²) >= 11 is 0. The van der Waals surface area contributed by atoms with Crippen molar-refractivity contribution < 1.29 is 14.3 Å². The molecule has 0 saturated carbocycles. The van der Waals surface area contributed by atoms with Crippen LogP contribution in [0.1, 0.15) is 21.6 Å². The monoisotopic (exact) mass is 338 g/mol. The highest BCUT2D eigenvalue weighted by atomic mass is 16.5. The quantitative estimate of drug-likeness (QED) is 0.862. The van der Waals surface area contributed by atoms with Crippen molar-refractivity contribution in [3.63, 3.8) is 0 Å². The highest BCUT2D eigenvalue weighted by Gasteiger charge is 2.21. The van der Waals surface area contributed by atoms with Crippen LogP contribution in [-0.4, -0.2) is 48.7 Å². The molecule has 2 aliphatic heterocycles. The topological polar surface area (TPSA) is 51.7 Å². The molecule has 0 unspecified atom stereocenters. The van der Waals surface area contributed by atoms with E-state index in [0.29, 0.717) is 44.4 Å². The molecule has 3 heterocycles. The molecule has 0 aliphatic carbocycles. The molecular formula is C20H22N2O3. The molecule has 1 fully saturated rings. The lowest BCUT2D eigenvalue weighted by molar-refractivity contribution is 0.0302. The van der Waals surface area contributed by atoms with Crippen LogP contribution in [0.15, 0.2) is 42.6 Å². The summed E-state index contributed by atoms with van der Waals surface area (Å²) in [5.41, 5.74) is 2.92. The van der Waals surface area contributed by atoms with Crippen molar-refractivity contribution in [3.8, 4) is 5.75 Å². The fourth-order valence-corrected chi connectivity index (χ4v) is 3.44. The first kappa shape index (κ1) is 16.1. The van der Waals surface area contributed by atoms with Gasteiger partial charge in [-0.15, -0.1) is 0 Å². The fourth-order valence-electron chi connectivity index (χ4n) is 3.44. The molecule has 4 rings (SSSR count). The molecule has 130 valence electrons. The third kappa shape index (κ3) is 3.66. The van der Waals surface area contributed by atoms with Gasteiger partial charge in [0.25, 0.3) is 5.91 Å². The first-order valence-corrected chi connectivity index (χ1v) is 8.82. The Hall–Kier alpha value is -2.40.